The molecule has 0 amide bonds. The second-order valence-corrected chi connectivity index (χ2v) is 7.98. The Balaban J connectivity index is 3.11. The third-order valence-corrected chi connectivity index (χ3v) is 5.58. The van der Waals surface area contributed by atoms with Crippen LogP contribution in [-0.4, -0.2) is 44.9 Å². The molecule has 0 N–H and O–H groups in total. The summed E-state index contributed by atoms with van der Waals surface area (Å²) in [7, 11) is -0.595. The maximum Gasteiger partial charge on any atom is 0.243 e. The molecule has 0 aliphatic carbocycles. The zero-order valence-corrected chi connectivity index (χ0v) is 14.4. The predicted molar refractivity (Wildman–Crippen MR) is 80.3 cm³/mol. The van der Waals surface area contributed by atoms with Gasteiger partial charge in [0.25, 0.3) is 0 Å². The molecule has 0 aliphatic heterocycles. The lowest BCUT2D eigenvalue weighted by molar-refractivity contribution is 0.195. The van der Waals surface area contributed by atoms with E-state index in [0.29, 0.717) is 17.7 Å². The van der Waals surface area contributed by atoms with E-state index in [1.54, 1.807) is 21.0 Å². The third kappa shape index (κ3) is 4.00. The number of hydrogen-bond acceptors (Lipinski definition) is 3. The average molecular weight is 368 g/mol. The van der Waals surface area contributed by atoms with E-state index < -0.39 is 15.8 Å². The summed E-state index contributed by atoms with van der Waals surface area (Å²) in [5, 5.41) is 0. The number of ether oxygens (including phenoxy) is 1. The highest BCUT2D eigenvalue weighted by molar-refractivity contribution is 9.09. The van der Waals surface area contributed by atoms with Crippen molar-refractivity contribution in [3.05, 3.63) is 29.1 Å². The lowest BCUT2D eigenvalue weighted by atomic mass is 10.1. The standard InChI is InChI=1S/C13H19BrFNO3S/c1-9-5-12(15)6-10(2)13(9)20(17,18)16(3)7-11(14)8-19-4/h5-6,11H,7-8H2,1-4H3. The maximum atomic E-state index is 13.3. The predicted octanol–water partition coefficient (Wildman–Crippen LogP) is 2.47. The van der Waals surface area contributed by atoms with E-state index >= 15 is 0 Å². The summed E-state index contributed by atoms with van der Waals surface area (Å²) in [4.78, 5) is 0.0619. The highest BCUT2D eigenvalue weighted by atomic mass is 79.9. The van der Waals surface area contributed by atoms with Crippen molar-refractivity contribution in [2.24, 2.45) is 0 Å². The van der Waals surface area contributed by atoms with Gasteiger partial charge in [-0.25, -0.2) is 12.8 Å². The first-order valence-electron chi connectivity index (χ1n) is 6.06. The van der Waals surface area contributed by atoms with Crippen LogP contribution in [0.25, 0.3) is 0 Å². The van der Waals surface area contributed by atoms with Crippen LogP contribution in [0.1, 0.15) is 11.1 Å². The van der Waals surface area contributed by atoms with Gasteiger partial charge in [-0.1, -0.05) is 15.9 Å². The molecule has 1 rings (SSSR count). The molecule has 1 aromatic carbocycles. The van der Waals surface area contributed by atoms with E-state index in [2.05, 4.69) is 15.9 Å². The van der Waals surface area contributed by atoms with E-state index in [1.807, 2.05) is 0 Å². The quantitative estimate of drug-likeness (QED) is 0.725. The number of nitrogens with zero attached hydrogens (tertiary/aromatic N) is 1. The van der Waals surface area contributed by atoms with E-state index in [-0.39, 0.29) is 16.3 Å². The van der Waals surface area contributed by atoms with Gasteiger partial charge in [0.1, 0.15) is 5.82 Å². The van der Waals surface area contributed by atoms with Gasteiger partial charge in [0.15, 0.2) is 0 Å². The molecule has 20 heavy (non-hydrogen) atoms. The van der Waals surface area contributed by atoms with Crippen LogP contribution < -0.4 is 0 Å². The molecule has 0 aromatic heterocycles. The monoisotopic (exact) mass is 367 g/mol. The molecular formula is C13H19BrFNO3S. The first-order valence-corrected chi connectivity index (χ1v) is 8.41. The molecule has 0 radical (unpaired) electrons. The van der Waals surface area contributed by atoms with Crippen LogP contribution in [0.4, 0.5) is 4.39 Å². The van der Waals surface area contributed by atoms with Gasteiger partial charge in [-0.15, -0.1) is 0 Å². The van der Waals surface area contributed by atoms with E-state index in [1.165, 1.54) is 23.5 Å². The molecule has 0 aliphatic rings. The highest BCUT2D eigenvalue weighted by Crippen LogP contribution is 2.24. The second-order valence-electron chi connectivity index (χ2n) is 4.71. The summed E-state index contributed by atoms with van der Waals surface area (Å²) in [5.41, 5.74) is 0.819. The minimum absolute atomic E-state index is 0.103. The summed E-state index contributed by atoms with van der Waals surface area (Å²) >= 11 is 3.36. The Hall–Kier alpha value is -0.500. The first kappa shape index (κ1) is 17.6. The fourth-order valence-corrected chi connectivity index (χ4v) is 4.58. The molecule has 1 aromatic rings. The van der Waals surface area contributed by atoms with E-state index in [0.717, 1.165) is 0 Å². The molecule has 7 heteroatoms. The van der Waals surface area contributed by atoms with Crippen molar-refractivity contribution in [3.8, 4) is 0 Å². The van der Waals surface area contributed by atoms with Crippen molar-refractivity contribution in [2.45, 2.75) is 23.6 Å². The molecule has 0 heterocycles. The molecule has 0 bridgehead atoms. The molecule has 0 saturated carbocycles. The van der Waals surface area contributed by atoms with Crippen molar-refractivity contribution in [2.75, 3.05) is 27.3 Å². The number of aryl methyl sites for hydroxylation is 2. The zero-order chi connectivity index (χ0) is 15.5. The van der Waals surface area contributed by atoms with Gasteiger partial charge in [0.2, 0.25) is 10.0 Å². The number of sulfonamides is 1. The number of rotatable bonds is 6. The van der Waals surface area contributed by atoms with Crippen LogP contribution in [0.3, 0.4) is 0 Å². The maximum absolute atomic E-state index is 13.3. The molecule has 1 unspecified atom stereocenters. The number of benzene rings is 1. The molecule has 0 fully saturated rings. The Kier molecular flexibility index (Phi) is 6.12. The minimum Gasteiger partial charge on any atom is -0.383 e. The van der Waals surface area contributed by atoms with Gasteiger partial charge in [0, 0.05) is 20.7 Å². The van der Waals surface area contributed by atoms with Crippen molar-refractivity contribution in [3.63, 3.8) is 0 Å². The summed E-state index contributed by atoms with van der Waals surface area (Å²) in [5.74, 6) is -0.431. The summed E-state index contributed by atoms with van der Waals surface area (Å²) in [6, 6.07) is 2.46. The van der Waals surface area contributed by atoms with Crippen molar-refractivity contribution >= 4 is 26.0 Å². The average Bonchev–Trinajstić information content (AvgIpc) is 2.26. The van der Waals surface area contributed by atoms with Crippen LogP contribution in [0.2, 0.25) is 0 Å². The van der Waals surface area contributed by atoms with Crippen LogP contribution in [0.15, 0.2) is 17.0 Å². The SMILES string of the molecule is COCC(Br)CN(C)S(=O)(=O)c1c(C)cc(F)cc1C. The summed E-state index contributed by atoms with van der Waals surface area (Å²) in [6.45, 7) is 3.86. The molecule has 1 atom stereocenters. The Morgan fingerprint density at radius 3 is 2.30 bits per heavy atom. The van der Waals surface area contributed by atoms with Gasteiger partial charge in [-0.05, 0) is 37.1 Å². The third-order valence-electron chi connectivity index (χ3n) is 2.90. The van der Waals surface area contributed by atoms with Crippen molar-refractivity contribution in [1.29, 1.82) is 0 Å². The van der Waals surface area contributed by atoms with Crippen molar-refractivity contribution < 1.29 is 17.5 Å². The summed E-state index contributed by atoms with van der Waals surface area (Å²) < 4.78 is 44.6. The number of alkyl halides is 1. The molecule has 0 spiro atoms. The van der Waals surface area contributed by atoms with Gasteiger partial charge < -0.3 is 4.74 Å². The van der Waals surface area contributed by atoms with E-state index in [4.69, 9.17) is 4.74 Å². The zero-order valence-electron chi connectivity index (χ0n) is 12.0. The molecule has 0 saturated heterocycles. The van der Waals surface area contributed by atoms with Gasteiger partial charge in [0.05, 0.1) is 16.3 Å². The van der Waals surface area contributed by atoms with E-state index in [9.17, 15) is 12.8 Å². The Bertz CT molecular complexity index is 554. The number of methoxy groups -OCH3 is 1. The van der Waals surface area contributed by atoms with Gasteiger partial charge >= 0.3 is 0 Å². The Labute approximate surface area is 128 Å². The Morgan fingerprint density at radius 1 is 1.35 bits per heavy atom. The molecular weight excluding hydrogens is 349 g/mol. The van der Waals surface area contributed by atoms with Crippen LogP contribution in [-0.2, 0) is 14.8 Å². The van der Waals surface area contributed by atoms with Crippen LogP contribution >= 0.6 is 15.9 Å². The normalized spacial score (nSPS) is 13.8. The lowest BCUT2D eigenvalue weighted by Gasteiger charge is -2.22. The van der Waals surface area contributed by atoms with Crippen LogP contribution in [0, 0.1) is 19.7 Å². The summed E-state index contributed by atoms with van der Waals surface area (Å²) in [6.07, 6.45) is 0. The van der Waals surface area contributed by atoms with Gasteiger partial charge in [-0.2, -0.15) is 4.31 Å². The smallest absolute Gasteiger partial charge is 0.243 e. The van der Waals surface area contributed by atoms with Crippen molar-refractivity contribution in [1.82, 2.24) is 4.31 Å². The highest BCUT2D eigenvalue weighted by Gasteiger charge is 2.26. The largest absolute Gasteiger partial charge is 0.383 e. The number of halogens is 2. The minimum atomic E-state index is -3.65. The van der Waals surface area contributed by atoms with Crippen LogP contribution in [0.5, 0.6) is 0 Å². The fraction of sp³-hybridized carbons (Fsp3) is 0.538. The van der Waals surface area contributed by atoms with Gasteiger partial charge in [-0.3, -0.25) is 0 Å². The Morgan fingerprint density at radius 2 is 1.85 bits per heavy atom. The first-order chi connectivity index (χ1) is 9.20. The lowest BCUT2D eigenvalue weighted by Crippen LogP contribution is -2.34. The fourth-order valence-electron chi connectivity index (χ4n) is 2.07. The second kappa shape index (κ2) is 6.98. The topological polar surface area (TPSA) is 46.6 Å². The molecule has 114 valence electrons. The number of hydrogen-bond donors (Lipinski definition) is 0. The molecule has 4 nitrogen and oxygen atoms in total.